The number of hydrogen-bond donors (Lipinski definition) is 1. The van der Waals surface area contributed by atoms with Crippen LogP contribution in [-0.4, -0.2) is 47.4 Å². The predicted molar refractivity (Wildman–Crippen MR) is 68.7 cm³/mol. The van der Waals surface area contributed by atoms with Crippen LogP contribution in [0.5, 0.6) is 0 Å². The Morgan fingerprint density at radius 2 is 2.05 bits per heavy atom. The van der Waals surface area contributed by atoms with Gasteiger partial charge in [0.1, 0.15) is 0 Å². The largest absolute Gasteiger partial charge is 0.569 e. The summed E-state index contributed by atoms with van der Waals surface area (Å²) < 4.78 is 4.72. The fourth-order valence-electron chi connectivity index (χ4n) is 1.22. The van der Waals surface area contributed by atoms with Crippen LogP contribution in [0.1, 0.15) is 16.8 Å². The first kappa shape index (κ1) is 16.2. The summed E-state index contributed by atoms with van der Waals surface area (Å²) in [6.45, 7) is -0.561. The van der Waals surface area contributed by atoms with Crippen molar-refractivity contribution in [2.24, 2.45) is 5.28 Å². The van der Waals surface area contributed by atoms with Crippen molar-refractivity contribution in [3.63, 3.8) is 0 Å². The molecule has 0 saturated heterocycles. The van der Waals surface area contributed by atoms with Crippen molar-refractivity contribution in [1.82, 2.24) is 5.01 Å². The molecule has 0 aliphatic rings. The van der Waals surface area contributed by atoms with Gasteiger partial charge in [-0.1, -0.05) is 18.2 Å². The Balaban J connectivity index is 2.30. The van der Waals surface area contributed by atoms with Gasteiger partial charge in [0.2, 0.25) is 5.28 Å². The van der Waals surface area contributed by atoms with Crippen LogP contribution < -0.4 is 0 Å². The lowest BCUT2D eigenvalue weighted by Crippen LogP contribution is -2.28. The van der Waals surface area contributed by atoms with Crippen molar-refractivity contribution < 1.29 is 29.2 Å². The molecule has 1 N–H and O–H groups in total. The van der Waals surface area contributed by atoms with Crippen LogP contribution in [0.25, 0.3) is 0 Å². The highest BCUT2D eigenvalue weighted by Gasteiger charge is 2.10. The van der Waals surface area contributed by atoms with E-state index in [9.17, 15) is 14.8 Å². The van der Waals surface area contributed by atoms with E-state index >= 15 is 0 Å². The van der Waals surface area contributed by atoms with Gasteiger partial charge in [-0.2, -0.15) is 0 Å². The number of esters is 1. The van der Waals surface area contributed by atoms with Crippen LogP contribution in [-0.2, 0) is 14.4 Å². The molecule has 0 atom stereocenters. The van der Waals surface area contributed by atoms with Crippen LogP contribution >= 0.6 is 0 Å². The SMILES string of the molecule is CN(CCC(=O)O)/[N+]([O-])=N/OCOC(=O)c1ccccc1. The molecule has 1 aromatic carbocycles. The molecule has 0 spiro atoms. The molecule has 9 heteroatoms. The van der Waals surface area contributed by atoms with Gasteiger partial charge in [-0.05, 0) is 12.1 Å². The van der Waals surface area contributed by atoms with Crippen molar-refractivity contribution in [1.29, 1.82) is 0 Å². The normalized spacial score (nSPS) is 10.8. The predicted octanol–water partition coefficient (Wildman–Crippen LogP) is 1.02. The molecular formula is C12H15N3O6. The van der Waals surface area contributed by atoms with Gasteiger partial charge in [-0.3, -0.25) is 4.79 Å². The van der Waals surface area contributed by atoms with Gasteiger partial charge in [0.15, 0.2) is 0 Å². The number of carboxylic acid groups (broad SMARTS) is 1. The van der Waals surface area contributed by atoms with Crippen LogP contribution in [0, 0.1) is 5.21 Å². The monoisotopic (exact) mass is 297 g/mol. The number of aliphatic carboxylic acids is 1. The van der Waals surface area contributed by atoms with Crippen LogP contribution in [0.2, 0.25) is 0 Å². The van der Waals surface area contributed by atoms with Gasteiger partial charge in [-0.15, -0.1) is 5.01 Å². The number of rotatable bonds is 8. The van der Waals surface area contributed by atoms with E-state index in [2.05, 4.69) is 10.1 Å². The second-order valence-corrected chi connectivity index (χ2v) is 3.90. The maximum Gasteiger partial charge on any atom is 0.341 e. The molecule has 0 aliphatic heterocycles. The van der Waals surface area contributed by atoms with Crippen LogP contribution in [0.3, 0.4) is 0 Å². The Morgan fingerprint density at radius 1 is 1.38 bits per heavy atom. The second-order valence-electron chi connectivity index (χ2n) is 3.90. The molecule has 0 aromatic heterocycles. The summed E-state index contributed by atoms with van der Waals surface area (Å²) >= 11 is 0. The molecule has 0 bridgehead atoms. The third-order valence-electron chi connectivity index (χ3n) is 2.32. The third-order valence-corrected chi connectivity index (χ3v) is 2.32. The highest BCUT2D eigenvalue weighted by atomic mass is 16.8. The average molecular weight is 297 g/mol. The van der Waals surface area contributed by atoms with Crippen molar-refractivity contribution >= 4 is 11.9 Å². The quantitative estimate of drug-likeness (QED) is 0.190. The summed E-state index contributed by atoms with van der Waals surface area (Å²) in [6.07, 6.45) is -0.215. The zero-order valence-corrected chi connectivity index (χ0v) is 11.3. The Morgan fingerprint density at radius 3 is 2.67 bits per heavy atom. The van der Waals surface area contributed by atoms with Gasteiger partial charge < -0.3 is 19.9 Å². The molecule has 0 aliphatic carbocycles. The summed E-state index contributed by atoms with van der Waals surface area (Å²) in [5.74, 6) is -1.64. The zero-order chi connectivity index (χ0) is 15.7. The minimum absolute atomic E-state index is 0.0322. The molecule has 0 fully saturated rings. The molecule has 0 heterocycles. The summed E-state index contributed by atoms with van der Waals surface area (Å²) in [5, 5.41) is 23.8. The van der Waals surface area contributed by atoms with E-state index in [1.807, 2.05) is 0 Å². The van der Waals surface area contributed by atoms with Crippen LogP contribution in [0.4, 0.5) is 0 Å². The average Bonchev–Trinajstić information content (AvgIpc) is 2.49. The number of carboxylic acids is 1. The fraction of sp³-hybridized carbons (Fsp3) is 0.333. The maximum atomic E-state index is 11.5. The highest BCUT2D eigenvalue weighted by molar-refractivity contribution is 5.89. The number of carbonyl (C=O) groups is 2. The fourth-order valence-corrected chi connectivity index (χ4v) is 1.22. The van der Waals surface area contributed by atoms with E-state index in [0.717, 1.165) is 5.01 Å². The maximum absolute atomic E-state index is 11.5. The van der Waals surface area contributed by atoms with Crippen molar-refractivity contribution in [3.05, 3.63) is 41.1 Å². The van der Waals surface area contributed by atoms with E-state index in [0.29, 0.717) is 5.56 Å². The molecule has 1 aromatic rings. The van der Waals surface area contributed by atoms with E-state index in [1.54, 1.807) is 30.3 Å². The molecule has 114 valence electrons. The van der Waals surface area contributed by atoms with Crippen molar-refractivity contribution in [3.8, 4) is 0 Å². The topological polar surface area (TPSA) is 114 Å². The summed E-state index contributed by atoms with van der Waals surface area (Å²) in [6, 6.07) is 8.25. The highest BCUT2D eigenvalue weighted by Crippen LogP contribution is 2.01. The number of hydrogen-bond acceptors (Lipinski definition) is 6. The van der Waals surface area contributed by atoms with Crippen molar-refractivity contribution in [2.45, 2.75) is 6.42 Å². The number of hydrazine groups is 1. The molecule has 0 saturated carbocycles. The number of carbonyl (C=O) groups excluding carboxylic acids is 1. The first-order chi connectivity index (χ1) is 10.0. The zero-order valence-electron chi connectivity index (χ0n) is 11.3. The standard InChI is InChI=1S/C12H15N3O6/c1-14(8-7-11(16)17)15(19)13-21-9-20-12(18)10-5-3-2-4-6-10/h2-6H,7-9H2,1H3,(H,16,17)/b15-13-. The Kier molecular flexibility index (Phi) is 6.45. The van der Waals surface area contributed by atoms with E-state index in [1.165, 1.54) is 7.05 Å². The Hall–Kier alpha value is -2.84. The van der Waals surface area contributed by atoms with Gasteiger partial charge in [-0.25, -0.2) is 4.79 Å². The molecule has 21 heavy (non-hydrogen) atoms. The second kappa shape index (κ2) is 8.35. The van der Waals surface area contributed by atoms with Gasteiger partial charge >= 0.3 is 11.9 Å². The molecule has 9 nitrogen and oxygen atoms in total. The third kappa shape index (κ3) is 6.23. The summed E-state index contributed by atoms with van der Waals surface area (Å²) in [4.78, 5) is 26.4. The minimum atomic E-state index is -1.03. The van der Waals surface area contributed by atoms with Gasteiger partial charge in [0.25, 0.3) is 6.79 Å². The summed E-state index contributed by atoms with van der Waals surface area (Å²) in [7, 11) is 1.35. The molecule has 0 unspecified atom stereocenters. The number of ether oxygens (including phenoxy) is 1. The molecular weight excluding hydrogens is 282 g/mol. The first-order valence-corrected chi connectivity index (χ1v) is 5.96. The minimum Gasteiger partial charge on any atom is -0.569 e. The number of benzene rings is 1. The summed E-state index contributed by atoms with van der Waals surface area (Å²) in [5.41, 5.74) is 0.346. The van der Waals surface area contributed by atoms with Gasteiger partial charge in [0, 0.05) is 0 Å². The van der Waals surface area contributed by atoms with E-state index < -0.39 is 18.7 Å². The van der Waals surface area contributed by atoms with Crippen molar-refractivity contribution in [2.75, 3.05) is 20.4 Å². The Labute approximate surface area is 120 Å². The first-order valence-electron chi connectivity index (χ1n) is 5.96. The molecule has 0 amide bonds. The lowest BCUT2D eigenvalue weighted by atomic mass is 10.2. The van der Waals surface area contributed by atoms with E-state index in [4.69, 9.17) is 9.84 Å². The lowest BCUT2D eigenvalue weighted by molar-refractivity contribution is -0.706. The molecule has 0 radical (unpaired) electrons. The lowest BCUT2D eigenvalue weighted by Gasteiger charge is -2.11. The Bertz CT molecular complexity index is 505. The van der Waals surface area contributed by atoms with Gasteiger partial charge in [0.05, 0.1) is 30.5 Å². The molecule has 1 rings (SSSR count). The van der Waals surface area contributed by atoms with E-state index in [-0.39, 0.29) is 17.9 Å². The van der Waals surface area contributed by atoms with Crippen LogP contribution in [0.15, 0.2) is 35.6 Å². The smallest absolute Gasteiger partial charge is 0.341 e. The number of nitrogens with zero attached hydrogens (tertiary/aromatic N) is 3.